The SMILES string of the molecule is Cc1cc(C)c(NC(=O)c2cccc(OC(C)C)c2)c(N)c1. The standard InChI is InChI=1S/C18H22N2O2/c1-11(2)22-15-7-5-6-14(10-15)18(21)20-17-13(4)8-12(3)9-16(17)19/h5-11H,19H2,1-4H3,(H,20,21). The summed E-state index contributed by atoms with van der Waals surface area (Å²) in [4.78, 5) is 12.4. The van der Waals surface area contributed by atoms with Crippen molar-refractivity contribution < 1.29 is 9.53 Å². The Morgan fingerprint density at radius 3 is 2.55 bits per heavy atom. The zero-order chi connectivity index (χ0) is 16.3. The number of amides is 1. The Morgan fingerprint density at radius 1 is 1.18 bits per heavy atom. The fraction of sp³-hybridized carbons (Fsp3) is 0.278. The lowest BCUT2D eigenvalue weighted by Crippen LogP contribution is -2.15. The van der Waals surface area contributed by atoms with Gasteiger partial charge < -0.3 is 15.8 Å². The molecule has 4 nitrogen and oxygen atoms in total. The number of nitrogens with one attached hydrogen (secondary N) is 1. The number of carbonyl (C=O) groups is 1. The van der Waals surface area contributed by atoms with Gasteiger partial charge in [0.25, 0.3) is 5.91 Å². The third-order valence-corrected chi connectivity index (χ3v) is 3.22. The zero-order valence-electron chi connectivity index (χ0n) is 13.4. The van der Waals surface area contributed by atoms with Crippen LogP contribution in [0, 0.1) is 13.8 Å². The first-order valence-corrected chi connectivity index (χ1v) is 7.31. The molecule has 0 heterocycles. The predicted octanol–water partition coefficient (Wildman–Crippen LogP) is 3.93. The van der Waals surface area contributed by atoms with Crippen molar-refractivity contribution in [2.75, 3.05) is 11.1 Å². The van der Waals surface area contributed by atoms with Gasteiger partial charge in [0, 0.05) is 5.56 Å². The van der Waals surface area contributed by atoms with E-state index in [1.165, 1.54) is 0 Å². The first kappa shape index (κ1) is 15.9. The normalized spacial score (nSPS) is 10.6. The molecule has 0 aromatic heterocycles. The quantitative estimate of drug-likeness (QED) is 0.841. The Hall–Kier alpha value is -2.49. The summed E-state index contributed by atoms with van der Waals surface area (Å²) in [7, 11) is 0. The van der Waals surface area contributed by atoms with E-state index in [1.807, 2.05) is 45.9 Å². The van der Waals surface area contributed by atoms with Gasteiger partial charge in [-0.3, -0.25) is 4.79 Å². The van der Waals surface area contributed by atoms with E-state index in [-0.39, 0.29) is 12.0 Å². The molecule has 0 spiro atoms. The molecule has 0 fully saturated rings. The van der Waals surface area contributed by atoms with Crippen molar-refractivity contribution in [3.63, 3.8) is 0 Å². The highest BCUT2D eigenvalue weighted by molar-refractivity contribution is 6.06. The van der Waals surface area contributed by atoms with Gasteiger partial charge in [-0.15, -0.1) is 0 Å². The van der Waals surface area contributed by atoms with Gasteiger partial charge >= 0.3 is 0 Å². The van der Waals surface area contributed by atoms with E-state index in [0.29, 0.717) is 22.7 Å². The third kappa shape index (κ3) is 3.79. The van der Waals surface area contributed by atoms with Crippen LogP contribution in [0.5, 0.6) is 5.75 Å². The number of carbonyl (C=O) groups excluding carboxylic acids is 1. The highest BCUT2D eigenvalue weighted by atomic mass is 16.5. The van der Waals surface area contributed by atoms with Gasteiger partial charge in [0.15, 0.2) is 0 Å². The summed E-state index contributed by atoms with van der Waals surface area (Å²) >= 11 is 0. The second-order valence-corrected chi connectivity index (χ2v) is 5.69. The minimum absolute atomic E-state index is 0.0632. The fourth-order valence-electron chi connectivity index (χ4n) is 2.34. The number of ether oxygens (including phenoxy) is 1. The molecule has 1 amide bonds. The molecule has 0 radical (unpaired) electrons. The van der Waals surface area contributed by atoms with Gasteiger partial charge in [0.2, 0.25) is 0 Å². The molecule has 0 bridgehead atoms. The first-order chi connectivity index (χ1) is 10.4. The van der Waals surface area contributed by atoms with Gasteiger partial charge in [-0.1, -0.05) is 12.1 Å². The van der Waals surface area contributed by atoms with Crippen molar-refractivity contribution >= 4 is 17.3 Å². The van der Waals surface area contributed by atoms with Crippen LogP contribution in [0.2, 0.25) is 0 Å². The van der Waals surface area contributed by atoms with Gasteiger partial charge in [-0.05, 0) is 63.1 Å². The van der Waals surface area contributed by atoms with Crippen LogP contribution in [-0.4, -0.2) is 12.0 Å². The molecule has 2 aromatic carbocycles. The van der Waals surface area contributed by atoms with Crippen LogP contribution in [0.1, 0.15) is 35.3 Å². The highest BCUT2D eigenvalue weighted by Gasteiger charge is 2.12. The Kier molecular flexibility index (Phi) is 4.71. The molecule has 0 aliphatic carbocycles. The predicted molar refractivity (Wildman–Crippen MR) is 90.5 cm³/mol. The number of anilines is 2. The van der Waals surface area contributed by atoms with E-state index < -0.39 is 0 Å². The Bertz CT molecular complexity index is 670. The van der Waals surface area contributed by atoms with Crippen LogP contribution in [-0.2, 0) is 0 Å². The summed E-state index contributed by atoms with van der Waals surface area (Å²) < 4.78 is 5.61. The molecular weight excluding hydrogens is 276 g/mol. The second kappa shape index (κ2) is 6.52. The molecule has 116 valence electrons. The van der Waals surface area contributed by atoms with Crippen LogP contribution in [0.25, 0.3) is 0 Å². The average Bonchev–Trinajstić information content (AvgIpc) is 2.42. The van der Waals surface area contributed by atoms with E-state index in [9.17, 15) is 4.79 Å². The molecule has 0 unspecified atom stereocenters. The number of hydrogen-bond acceptors (Lipinski definition) is 3. The topological polar surface area (TPSA) is 64.3 Å². The monoisotopic (exact) mass is 298 g/mol. The van der Waals surface area contributed by atoms with Gasteiger partial charge in [-0.2, -0.15) is 0 Å². The molecule has 22 heavy (non-hydrogen) atoms. The lowest BCUT2D eigenvalue weighted by Gasteiger charge is -2.14. The van der Waals surface area contributed by atoms with Crippen LogP contribution in [0.3, 0.4) is 0 Å². The van der Waals surface area contributed by atoms with Crippen molar-refractivity contribution in [2.24, 2.45) is 0 Å². The number of nitrogen functional groups attached to an aromatic ring is 1. The van der Waals surface area contributed by atoms with Crippen LogP contribution < -0.4 is 15.8 Å². The van der Waals surface area contributed by atoms with Crippen molar-refractivity contribution in [1.82, 2.24) is 0 Å². The third-order valence-electron chi connectivity index (χ3n) is 3.22. The maximum absolute atomic E-state index is 12.4. The van der Waals surface area contributed by atoms with E-state index in [2.05, 4.69) is 5.32 Å². The second-order valence-electron chi connectivity index (χ2n) is 5.69. The molecule has 0 saturated heterocycles. The summed E-state index contributed by atoms with van der Waals surface area (Å²) in [6.07, 6.45) is 0.0632. The van der Waals surface area contributed by atoms with E-state index >= 15 is 0 Å². The lowest BCUT2D eigenvalue weighted by atomic mass is 10.1. The number of aryl methyl sites for hydroxylation is 2. The Balaban J connectivity index is 2.23. The number of nitrogens with two attached hydrogens (primary N) is 1. The lowest BCUT2D eigenvalue weighted by molar-refractivity contribution is 0.102. The fourth-order valence-corrected chi connectivity index (χ4v) is 2.34. The Morgan fingerprint density at radius 2 is 1.91 bits per heavy atom. The van der Waals surface area contributed by atoms with E-state index in [0.717, 1.165) is 11.1 Å². The molecule has 4 heteroatoms. The molecule has 3 N–H and O–H groups in total. The van der Waals surface area contributed by atoms with E-state index in [1.54, 1.807) is 18.2 Å². The molecule has 0 saturated carbocycles. The molecule has 0 atom stereocenters. The minimum Gasteiger partial charge on any atom is -0.491 e. The van der Waals surface area contributed by atoms with Crippen molar-refractivity contribution in [3.8, 4) is 5.75 Å². The summed E-state index contributed by atoms with van der Waals surface area (Å²) in [6, 6.07) is 11.0. The average molecular weight is 298 g/mol. The zero-order valence-corrected chi connectivity index (χ0v) is 13.4. The van der Waals surface area contributed by atoms with Gasteiger partial charge in [0.05, 0.1) is 17.5 Å². The largest absolute Gasteiger partial charge is 0.491 e. The highest BCUT2D eigenvalue weighted by Crippen LogP contribution is 2.26. The van der Waals surface area contributed by atoms with E-state index in [4.69, 9.17) is 10.5 Å². The Labute approximate surface area is 131 Å². The molecule has 2 aromatic rings. The van der Waals surface area contributed by atoms with Crippen molar-refractivity contribution in [3.05, 3.63) is 53.1 Å². The number of hydrogen-bond donors (Lipinski definition) is 2. The van der Waals surface area contributed by atoms with Gasteiger partial charge in [-0.25, -0.2) is 0 Å². The summed E-state index contributed by atoms with van der Waals surface area (Å²) in [5.74, 6) is 0.476. The molecule has 0 aliphatic heterocycles. The number of benzene rings is 2. The molecular formula is C18H22N2O2. The molecule has 2 rings (SSSR count). The summed E-state index contributed by atoms with van der Waals surface area (Å²) in [5, 5.41) is 2.88. The maximum Gasteiger partial charge on any atom is 0.255 e. The smallest absolute Gasteiger partial charge is 0.255 e. The maximum atomic E-state index is 12.4. The van der Waals surface area contributed by atoms with Crippen LogP contribution >= 0.6 is 0 Å². The van der Waals surface area contributed by atoms with Crippen LogP contribution in [0.4, 0.5) is 11.4 Å². The van der Waals surface area contributed by atoms with Crippen LogP contribution in [0.15, 0.2) is 36.4 Å². The summed E-state index contributed by atoms with van der Waals surface area (Å²) in [5.41, 5.74) is 9.79. The number of rotatable bonds is 4. The first-order valence-electron chi connectivity index (χ1n) is 7.31. The summed E-state index contributed by atoms with van der Waals surface area (Å²) in [6.45, 7) is 7.80. The minimum atomic E-state index is -0.201. The molecule has 0 aliphatic rings. The van der Waals surface area contributed by atoms with Gasteiger partial charge in [0.1, 0.15) is 5.75 Å². The van der Waals surface area contributed by atoms with Crippen molar-refractivity contribution in [2.45, 2.75) is 33.8 Å². The van der Waals surface area contributed by atoms with Crippen molar-refractivity contribution in [1.29, 1.82) is 0 Å².